The number of rotatable bonds is 6. The van der Waals surface area contributed by atoms with Gasteiger partial charge in [-0.2, -0.15) is 0 Å². The van der Waals surface area contributed by atoms with Gasteiger partial charge in [-0.3, -0.25) is 4.79 Å². The fourth-order valence-electron chi connectivity index (χ4n) is 0.825. The number of aliphatic hydroxyl groups is 1. The third-order valence-corrected chi connectivity index (χ3v) is 1.86. The van der Waals surface area contributed by atoms with E-state index >= 15 is 0 Å². The van der Waals surface area contributed by atoms with Crippen molar-refractivity contribution < 1.29 is 18.7 Å². The van der Waals surface area contributed by atoms with Crippen LogP contribution in [0.5, 0.6) is 0 Å². The van der Waals surface area contributed by atoms with Crippen molar-refractivity contribution >= 4 is 6.29 Å². The monoisotopic (exact) mass is 262 g/mol. The van der Waals surface area contributed by atoms with E-state index in [2.05, 4.69) is 0 Å². The second-order valence-electron chi connectivity index (χ2n) is 4.78. The molecule has 0 fully saturated rings. The van der Waals surface area contributed by atoms with E-state index in [9.17, 15) is 13.6 Å². The highest BCUT2D eigenvalue weighted by atomic mass is 19.1. The van der Waals surface area contributed by atoms with Gasteiger partial charge in [0.2, 0.25) is 0 Å². The molecule has 0 atom stereocenters. The maximum Gasteiger partial charge on any atom is 0.178 e. The van der Waals surface area contributed by atoms with E-state index in [0.717, 1.165) is 0 Å². The summed E-state index contributed by atoms with van der Waals surface area (Å²) in [6, 6.07) is 0. The zero-order valence-electron chi connectivity index (χ0n) is 11.6. The van der Waals surface area contributed by atoms with Crippen molar-refractivity contribution in [1.29, 1.82) is 0 Å². The van der Waals surface area contributed by atoms with Crippen molar-refractivity contribution in [1.82, 2.24) is 0 Å². The minimum absolute atomic E-state index is 0.225. The van der Waals surface area contributed by atoms with Crippen molar-refractivity contribution in [3.05, 3.63) is 23.8 Å². The third kappa shape index (κ3) is 17.4. The average Bonchev–Trinajstić information content (AvgIpc) is 2.33. The van der Waals surface area contributed by atoms with Gasteiger partial charge in [-0.1, -0.05) is 33.8 Å². The van der Waals surface area contributed by atoms with Gasteiger partial charge in [0.25, 0.3) is 0 Å². The summed E-state index contributed by atoms with van der Waals surface area (Å²) in [5.41, 5.74) is 0. The first-order chi connectivity index (χ1) is 8.33. The van der Waals surface area contributed by atoms with E-state index in [0.29, 0.717) is 24.7 Å². The first kappa shape index (κ1) is 19.3. The van der Waals surface area contributed by atoms with Crippen LogP contribution in [0.1, 0.15) is 40.5 Å². The number of hydrogen-bond acceptors (Lipinski definition) is 2. The van der Waals surface area contributed by atoms with Crippen molar-refractivity contribution in [3.8, 4) is 0 Å². The van der Waals surface area contributed by atoms with Crippen LogP contribution in [0.4, 0.5) is 8.78 Å². The smallest absolute Gasteiger partial charge is 0.178 e. The average molecular weight is 262 g/mol. The van der Waals surface area contributed by atoms with Crippen LogP contribution < -0.4 is 0 Å². The first-order valence-electron chi connectivity index (χ1n) is 6.09. The van der Waals surface area contributed by atoms with Gasteiger partial charge >= 0.3 is 0 Å². The standard InChI is InChI=1S/C7H13FO.C7H11FO/c2*1-6(2)3-4-7(8)5-9/h4,6,9H,3,5H2,1-2H3;4-6H,3H2,1-2H3/b2*7-4+. The molecule has 2 nitrogen and oxygen atoms in total. The predicted molar refractivity (Wildman–Crippen MR) is 70.4 cm³/mol. The fraction of sp³-hybridized carbons (Fsp3) is 0.643. The minimum Gasteiger partial charge on any atom is -0.389 e. The summed E-state index contributed by atoms with van der Waals surface area (Å²) in [5, 5.41) is 8.20. The van der Waals surface area contributed by atoms with Crippen molar-refractivity contribution in [2.75, 3.05) is 6.61 Å². The molecule has 0 radical (unpaired) electrons. The van der Waals surface area contributed by atoms with E-state index < -0.39 is 18.3 Å². The first-order valence-corrected chi connectivity index (χ1v) is 6.09. The molecule has 0 saturated heterocycles. The highest BCUT2D eigenvalue weighted by Gasteiger charge is 1.92. The molecule has 0 aliphatic heterocycles. The Morgan fingerprint density at radius 3 is 1.83 bits per heavy atom. The fourth-order valence-corrected chi connectivity index (χ4v) is 0.825. The molecule has 0 bridgehead atoms. The van der Waals surface area contributed by atoms with E-state index in [4.69, 9.17) is 5.11 Å². The van der Waals surface area contributed by atoms with Crippen LogP contribution in [0.15, 0.2) is 23.8 Å². The van der Waals surface area contributed by atoms with Gasteiger partial charge in [0.15, 0.2) is 12.1 Å². The Hall–Kier alpha value is -1.03. The number of carbonyl (C=O) groups is 1. The quantitative estimate of drug-likeness (QED) is 0.581. The Morgan fingerprint density at radius 2 is 1.50 bits per heavy atom. The van der Waals surface area contributed by atoms with Gasteiger partial charge in [-0.25, -0.2) is 8.78 Å². The lowest BCUT2D eigenvalue weighted by molar-refractivity contribution is -0.106. The molecule has 4 heteroatoms. The summed E-state index contributed by atoms with van der Waals surface area (Å²) >= 11 is 0. The molecule has 0 spiro atoms. The minimum atomic E-state index is -0.663. The van der Waals surface area contributed by atoms with E-state index in [-0.39, 0.29) is 6.29 Å². The topological polar surface area (TPSA) is 37.3 Å². The largest absolute Gasteiger partial charge is 0.389 e. The second-order valence-corrected chi connectivity index (χ2v) is 4.78. The molecule has 0 aliphatic carbocycles. The maximum atomic E-state index is 12.1. The summed E-state index contributed by atoms with van der Waals surface area (Å²) in [5.74, 6) is -0.217. The molecule has 0 heterocycles. The Balaban J connectivity index is 0. The summed E-state index contributed by atoms with van der Waals surface area (Å²) in [7, 11) is 0. The summed E-state index contributed by atoms with van der Waals surface area (Å²) in [4.78, 5) is 9.67. The Labute approximate surface area is 108 Å². The van der Waals surface area contributed by atoms with Gasteiger partial charge in [0.1, 0.15) is 5.83 Å². The lowest BCUT2D eigenvalue weighted by atomic mass is 10.1. The summed E-state index contributed by atoms with van der Waals surface area (Å²) < 4.78 is 24.1. The molecule has 0 saturated carbocycles. The van der Waals surface area contributed by atoms with Crippen LogP contribution >= 0.6 is 0 Å². The predicted octanol–water partition coefficient (Wildman–Crippen LogP) is 3.96. The van der Waals surface area contributed by atoms with Gasteiger partial charge in [-0.05, 0) is 30.8 Å². The van der Waals surface area contributed by atoms with Gasteiger partial charge in [0, 0.05) is 0 Å². The number of allylic oxidation sites excluding steroid dienone is 3. The number of aliphatic hydroxyl groups excluding tert-OH is 1. The molecule has 0 aromatic carbocycles. The van der Waals surface area contributed by atoms with Crippen LogP contribution in [0.3, 0.4) is 0 Å². The lowest BCUT2D eigenvalue weighted by Gasteiger charge is -1.96. The van der Waals surface area contributed by atoms with Crippen molar-refractivity contribution in [2.24, 2.45) is 11.8 Å². The summed E-state index contributed by atoms with van der Waals surface area (Å²) in [6.45, 7) is 7.47. The van der Waals surface area contributed by atoms with Crippen LogP contribution in [0, 0.1) is 11.8 Å². The molecule has 0 amide bonds. The molecule has 18 heavy (non-hydrogen) atoms. The van der Waals surface area contributed by atoms with Crippen LogP contribution in [-0.2, 0) is 4.79 Å². The van der Waals surface area contributed by atoms with Gasteiger partial charge < -0.3 is 5.11 Å². The highest BCUT2D eigenvalue weighted by Crippen LogP contribution is 2.04. The zero-order chi connectivity index (χ0) is 14.6. The van der Waals surface area contributed by atoms with Gasteiger partial charge in [-0.15, -0.1) is 0 Å². The number of halogens is 2. The highest BCUT2D eigenvalue weighted by molar-refractivity contribution is 5.69. The van der Waals surface area contributed by atoms with Crippen LogP contribution in [0.25, 0.3) is 0 Å². The Morgan fingerprint density at radius 1 is 1.06 bits per heavy atom. The van der Waals surface area contributed by atoms with Crippen LogP contribution in [0.2, 0.25) is 0 Å². The molecule has 0 aliphatic rings. The molecular weight excluding hydrogens is 238 g/mol. The SMILES string of the molecule is CC(C)C/C=C(/F)C=O.CC(C)C/C=C(/F)CO. The number of carbonyl (C=O) groups excluding carboxylic acids is 1. The Kier molecular flexibility index (Phi) is 13.3. The molecule has 0 aromatic heterocycles. The van der Waals surface area contributed by atoms with Crippen LogP contribution in [-0.4, -0.2) is 18.0 Å². The number of aldehydes is 1. The molecule has 0 unspecified atom stereocenters. The molecule has 0 aromatic rings. The molecule has 106 valence electrons. The third-order valence-electron chi connectivity index (χ3n) is 1.86. The molecule has 1 N–H and O–H groups in total. The zero-order valence-corrected chi connectivity index (χ0v) is 11.6. The van der Waals surface area contributed by atoms with E-state index in [1.54, 1.807) is 0 Å². The summed E-state index contributed by atoms with van der Waals surface area (Å²) in [6.07, 6.45) is 4.28. The molecular formula is C14H24F2O2. The van der Waals surface area contributed by atoms with E-state index in [1.165, 1.54) is 12.2 Å². The van der Waals surface area contributed by atoms with Gasteiger partial charge in [0.05, 0.1) is 6.61 Å². The normalized spacial score (nSPS) is 12.5. The Bertz CT molecular complexity index is 269. The lowest BCUT2D eigenvalue weighted by Crippen LogP contribution is -1.86. The molecule has 0 rings (SSSR count). The van der Waals surface area contributed by atoms with E-state index in [1.807, 2.05) is 27.7 Å². The second kappa shape index (κ2) is 12.4. The van der Waals surface area contributed by atoms with Crippen molar-refractivity contribution in [2.45, 2.75) is 40.5 Å². The number of hydrogen-bond donors (Lipinski definition) is 1. The van der Waals surface area contributed by atoms with Crippen molar-refractivity contribution in [3.63, 3.8) is 0 Å². The maximum absolute atomic E-state index is 12.1.